The number of rotatable bonds is 3. The predicted molar refractivity (Wildman–Crippen MR) is 56.6 cm³/mol. The van der Waals surface area contributed by atoms with E-state index in [4.69, 9.17) is 0 Å². The van der Waals surface area contributed by atoms with Gasteiger partial charge in [-0.1, -0.05) is 0 Å². The lowest BCUT2D eigenvalue weighted by atomic mass is 10.3. The molecule has 0 aliphatic heterocycles. The van der Waals surface area contributed by atoms with Gasteiger partial charge in [0.25, 0.3) is 5.56 Å². The Hall–Kier alpha value is -2.04. The van der Waals surface area contributed by atoms with Gasteiger partial charge in [-0.15, -0.1) is 0 Å². The number of aryl methyl sites for hydroxylation is 1. The summed E-state index contributed by atoms with van der Waals surface area (Å²) in [6.45, 7) is 0.241. The van der Waals surface area contributed by atoms with Gasteiger partial charge in [0, 0.05) is 25.1 Å². The number of halogens is 1. The van der Waals surface area contributed by atoms with Crippen LogP contribution in [0.3, 0.4) is 0 Å². The van der Waals surface area contributed by atoms with Gasteiger partial charge >= 0.3 is 0 Å². The van der Waals surface area contributed by atoms with E-state index in [0.717, 1.165) is 12.5 Å². The van der Waals surface area contributed by atoms with Gasteiger partial charge in [-0.3, -0.25) is 9.78 Å². The van der Waals surface area contributed by atoms with Crippen LogP contribution in [0.5, 0.6) is 0 Å². The van der Waals surface area contributed by atoms with Crippen LogP contribution in [0.2, 0.25) is 0 Å². The van der Waals surface area contributed by atoms with Crippen LogP contribution in [-0.2, 0) is 11.3 Å². The molecule has 2 rings (SSSR count). The van der Waals surface area contributed by atoms with Crippen LogP contribution in [0.4, 0.5) is 4.39 Å². The minimum Gasteiger partial charge on any atom is -0.306 e. The zero-order chi connectivity index (χ0) is 11.5. The largest absolute Gasteiger partial charge is 0.306 e. The van der Waals surface area contributed by atoms with E-state index < -0.39 is 5.82 Å². The number of hydrogen-bond acceptors (Lipinski definition) is 3. The summed E-state index contributed by atoms with van der Waals surface area (Å²) in [5, 5.41) is 0. The molecule has 0 aliphatic carbocycles. The fourth-order valence-electron chi connectivity index (χ4n) is 1.56. The van der Waals surface area contributed by atoms with Crippen molar-refractivity contribution in [2.45, 2.75) is 13.0 Å². The molecule has 82 valence electrons. The molecule has 5 heteroatoms. The average Bonchev–Trinajstić information content (AvgIpc) is 2.28. The monoisotopic (exact) mass is 220 g/mol. The van der Waals surface area contributed by atoms with Gasteiger partial charge in [0.1, 0.15) is 12.1 Å². The van der Waals surface area contributed by atoms with E-state index in [9.17, 15) is 14.0 Å². The SMILES string of the molecule is O=CCCn1c(=O)ccc2ncc(F)cc21. The van der Waals surface area contributed by atoms with Crippen molar-refractivity contribution in [2.75, 3.05) is 0 Å². The molecule has 0 atom stereocenters. The van der Waals surface area contributed by atoms with E-state index >= 15 is 0 Å². The van der Waals surface area contributed by atoms with Gasteiger partial charge < -0.3 is 9.36 Å². The molecule has 0 spiro atoms. The van der Waals surface area contributed by atoms with Crippen molar-refractivity contribution in [1.82, 2.24) is 9.55 Å². The van der Waals surface area contributed by atoms with Crippen molar-refractivity contribution < 1.29 is 9.18 Å². The number of nitrogens with zero attached hydrogens (tertiary/aromatic N) is 2. The van der Waals surface area contributed by atoms with Gasteiger partial charge in [0.2, 0.25) is 0 Å². The van der Waals surface area contributed by atoms with Crippen molar-refractivity contribution >= 4 is 17.3 Å². The summed E-state index contributed by atoms with van der Waals surface area (Å²) in [5.74, 6) is -0.502. The highest BCUT2D eigenvalue weighted by atomic mass is 19.1. The van der Waals surface area contributed by atoms with E-state index in [0.29, 0.717) is 11.0 Å². The first-order valence-electron chi connectivity index (χ1n) is 4.81. The first-order valence-corrected chi connectivity index (χ1v) is 4.81. The quantitative estimate of drug-likeness (QED) is 0.728. The molecule has 0 aliphatic rings. The van der Waals surface area contributed by atoms with Crippen LogP contribution in [0.25, 0.3) is 11.0 Å². The highest BCUT2D eigenvalue weighted by molar-refractivity contribution is 5.74. The van der Waals surface area contributed by atoms with Gasteiger partial charge in [0.15, 0.2) is 0 Å². The summed E-state index contributed by atoms with van der Waals surface area (Å²) >= 11 is 0. The molecule has 0 fully saturated rings. The number of aromatic nitrogens is 2. The standard InChI is InChI=1S/C11H9FN2O2/c12-8-6-10-9(13-7-8)2-3-11(16)14(10)4-1-5-15/h2-3,5-7H,1,4H2. The summed E-state index contributed by atoms with van der Waals surface area (Å²) in [5.41, 5.74) is 0.683. The van der Waals surface area contributed by atoms with E-state index in [2.05, 4.69) is 4.98 Å². The summed E-state index contributed by atoms with van der Waals surface area (Å²) in [7, 11) is 0. The van der Waals surface area contributed by atoms with E-state index in [-0.39, 0.29) is 18.5 Å². The van der Waals surface area contributed by atoms with Crippen LogP contribution in [0.1, 0.15) is 6.42 Å². The van der Waals surface area contributed by atoms with Gasteiger partial charge in [-0.25, -0.2) is 4.39 Å². The number of fused-ring (bicyclic) bond motifs is 1. The molecule has 0 aromatic carbocycles. The minimum atomic E-state index is -0.502. The zero-order valence-corrected chi connectivity index (χ0v) is 8.39. The molecule has 4 nitrogen and oxygen atoms in total. The molecule has 0 bridgehead atoms. The van der Waals surface area contributed by atoms with Crippen molar-refractivity contribution in [3.05, 3.63) is 40.6 Å². The molecule has 0 radical (unpaired) electrons. The number of hydrogen-bond donors (Lipinski definition) is 0. The maximum absolute atomic E-state index is 13.0. The molecule has 0 amide bonds. The predicted octanol–water partition coefficient (Wildman–Crippen LogP) is 1.12. The molecule has 0 unspecified atom stereocenters. The van der Waals surface area contributed by atoms with Crippen LogP contribution >= 0.6 is 0 Å². The Morgan fingerprint density at radius 1 is 1.44 bits per heavy atom. The Bertz CT molecular complexity index is 592. The molecular weight excluding hydrogens is 211 g/mol. The van der Waals surface area contributed by atoms with Crippen LogP contribution in [-0.4, -0.2) is 15.8 Å². The Balaban J connectivity index is 2.67. The third-order valence-corrected chi connectivity index (χ3v) is 2.28. The number of pyridine rings is 2. The lowest BCUT2D eigenvalue weighted by Crippen LogP contribution is -2.19. The molecule has 2 aromatic rings. The third-order valence-electron chi connectivity index (χ3n) is 2.28. The normalized spacial score (nSPS) is 10.6. The molecule has 0 saturated heterocycles. The highest BCUT2D eigenvalue weighted by Crippen LogP contribution is 2.10. The smallest absolute Gasteiger partial charge is 0.251 e. The number of carbonyl (C=O) groups excluding carboxylic acids is 1. The van der Waals surface area contributed by atoms with Crippen molar-refractivity contribution in [2.24, 2.45) is 0 Å². The zero-order valence-electron chi connectivity index (χ0n) is 8.39. The second-order valence-corrected chi connectivity index (χ2v) is 3.34. The second kappa shape index (κ2) is 4.22. The average molecular weight is 220 g/mol. The summed E-state index contributed by atoms with van der Waals surface area (Å²) < 4.78 is 14.4. The first kappa shape index (κ1) is 10.5. The Morgan fingerprint density at radius 3 is 3.00 bits per heavy atom. The molecule has 0 N–H and O–H groups in total. The van der Waals surface area contributed by atoms with E-state index in [1.54, 1.807) is 0 Å². The third kappa shape index (κ3) is 1.84. The molecule has 16 heavy (non-hydrogen) atoms. The fourth-order valence-corrected chi connectivity index (χ4v) is 1.56. The Kier molecular flexibility index (Phi) is 2.76. The lowest BCUT2D eigenvalue weighted by molar-refractivity contribution is -0.108. The first-order chi connectivity index (χ1) is 7.72. The Morgan fingerprint density at radius 2 is 2.25 bits per heavy atom. The molecule has 2 heterocycles. The van der Waals surface area contributed by atoms with Gasteiger partial charge in [-0.2, -0.15) is 0 Å². The van der Waals surface area contributed by atoms with E-state index in [1.165, 1.54) is 22.8 Å². The topological polar surface area (TPSA) is 52.0 Å². The molecular formula is C11H9FN2O2. The Labute approximate surface area is 90.3 Å². The van der Waals surface area contributed by atoms with Crippen molar-refractivity contribution in [1.29, 1.82) is 0 Å². The molecule has 0 saturated carbocycles. The highest BCUT2D eigenvalue weighted by Gasteiger charge is 2.04. The minimum absolute atomic E-state index is 0.218. The van der Waals surface area contributed by atoms with Crippen LogP contribution < -0.4 is 5.56 Å². The summed E-state index contributed by atoms with van der Waals surface area (Å²) in [6.07, 6.45) is 2.03. The van der Waals surface area contributed by atoms with Crippen molar-refractivity contribution in [3.63, 3.8) is 0 Å². The maximum Gasteiger partial charge on any atom is 0.251 e. The van der Waals surface area contributed by atoms with Crippen molar-refractivity contribution in [3.8, 4) is 0 Å². The van der Waals surface area contributed by atoms with Gasteiger partial charge in [-0.05, 0) is 6.07 Å². The number of aldehydes is 1. The summed E-state index contributed by atoms with van der Waals surface area (Å²) in [4.78, 5) is 25.7. The fraction of sp³-hybridized carbons (Fsp3) is 0.182. The van der Waals surface area contributed by atoms with Crippen LogP contribution in [0.15, 0.2) is 29.2 Å². The van der Waals surface area contributed by atoms with Gasteiger partial charge in [0.05, 0.1) is 17.2 Å². The molecule has 2 aromatic heterocycles. The maximum atomic E-state index is 13.0. The van der Waals surface area contributed by atoms with Crippen LogP contribution in [0, 0.1) is 5.82 Å². The number of carbonyl (C=O) groups is 1. The summed E-state index contributed by atoms with van der Waals surface area (Å²) in [6, 6.07) is 4.14. The second-order valence-electron chi connectivity index (χ2n) is 3.34. The lowest BCUT2D eigenvalue weighted by Gasteiger charge is -2.07. The van der Waals surface area contributed by atoms with E-state index in [1.807, 2.05) is 0 Å².